The van der Waals surface area contributed by atoms with Gasteiger partial charge in [-0.25, -0.2) is 0 Å². The summed E-state index contributed by atoms with van der Waals surface area (Å²) in [6.07, 6.45) is 4.79. The van der Waals surface area contributed by atoms with Gasteiger partial charge in [0, 0.05) is 25.1 Å². The molecule has 0 spiro atoms. The summed E-state index contributed by atoms with van der Waals surface area (Å²) in [4.78, 5) is 36.1. The largest absolute Gasteiger partial charge is 0.481 e. The maximum Gasteiger partial charge on any atom is 0.303 e. The highest BCUT2D eigenvalue weighted by atomic mass is 32.2. The second kappa shape index (κ2) is 10.5. The van der Waals surface area contributed by atoms with Gasteiger partial charge >= 0.3 is 5.97 Å². The lowest BCUT2D eigenvalue weighted by Gasteiger charge is -2.22. The Balaban J connectivity index is 2.18. The molecule has 2 amide bonds. The second-order valence-corrected chi connectivity index (χ2v) is 6.48. The first-order valence-electron chi connectivity index (χ1n) is 7.93. The van der Waals surface area contributed by atoms with Gasteiger partial charge in [0.05, 0.1) is 5.88 Å². The molecule has 1 heterocycles. The number of aliphatic carboxylic acids is 1. The molecule has 1 aliphatic heterocycles. The van der Waals surface area contributed by atoms with E-state index in [2.05, 4.69) is 5.32 Å². The summed E-state index contributed by atoms with van der Waals surface area (Å²) in [6.45, 7) is 2.55. The number of carboxylic acids is 1. The number of unbranched alkanes of at least 4 members (excludes halogenated alkanes) is 3. The lowest BCUT2D eigenvalue weighted by molar-refractivity contribution is -0.138. The van der Waals surface area contributed by atoms with E-state index in [1.165, 1.54) is 0 Å². The maximum absolute atomic E-state index is 12.1. The van der Waals surface area contributed by atoms with E-state index in [0.717, 1.165) is 25.7 Å². The van der Waals surface area contributed by atoms with Gasteiger partial charge in [-0.05, 0) is 19.3 Å². The average molecular weight is 330 g/mol. The molecule has 0 aromatic rings. The quantitative estimate of drug-likeness (QED) is 0.597. The van der Waals surface area contributed by atoms with Gasteiger partial charge in [0.2, 0.25) is 11.8 Å². The molecule has 1 saturated heterocycles. The molecular formula is C15H26N2O4S. The fourth-order valence-corrected chi connectivity index (χ4v) is 3.53. The Morgan fingerprint density at radius 1 is 1.18 bits per heavy atom. The summed E-state index contributed by atoms with van der Waals surface area (Å²) in [5.41, 5.74) is 0. The van der Waals surface area contributed by atoms with Crippen molar-refractivity contribution in [2.45, 2.75) is 57.9 Å². The van der Waals surface area contributed by atoms with Crippen molar-refractivity contribution in [3.05, 3.63) is 0 Å². The Hall–Kier alpha value is -1.24. The Morgan fingerprint density at radius 2 is 1.91 bits per heavy atom. The third-order valence-electron chi connectivity index (χ3n) is 3.59. The SMILES string of the molecule is CCCC(=O)N1CSCC1C(=O)NCCCCCCC(=O)O. The first-order valence-corrected chi connectivity index (χ1v) is 9.08. The topological polar surface area (TPSA) is 86.7 Å². The predicted molar refractivity (Wildman–Crippen MR) is 86.6 cm³/mol. The molecule has 0 radical (unpaired) electrons. The molecule has 22 heavy (non-hydrogen) atoms. The Morgan fingerprint density at radius 3 is 2.59 bits per heavy atom. The molecule has 1 fully saturated rings. The molecule has 2 N–H and O–H groups in total. The van der Waals surface area contributed by atoms with E-state index >= 15 is 0 Å². The lowest BCUT2D eigenvalue weighted by atomic mass is 10.1. The van der Waals surface area contributed by atoms with Crippen LogP contribution in [0, 0.1) is 0 Å². The van der Waals surface area contributed by atoms with Crippen LogP contribution in [0.5, 0.6) is 0 Å². The van der Waals surface area contributed by atoms with Crippen molar-refractivity contribution in [3.63, 3.8) is 0 Å². The summed E-state index contributed by atoms with van der Waals surface area (Å²) in [6, 6.07) is -0.337. The van der Waals surface area contributed by atoms with Crippen LogP contribution in [-0.4, -0.2) is 52.0 Å². The molecule has 1 aliphatic rings. The number of nitrogens with zero attached hydrogens (tertiary/aromatic N) is 1. The molecular weight excluding hydrogens is 304 g/mol. The van der Waals surface area contributed by atoms with Crippen molar-refractivity contribution in [3.8, 4) is 0 Å². The lowest BCUT2D eigenvalue weighted by Crippen LogP contribution is -2.47. The highest BCUT2D eigenvalue weighted by Gasteiger charge is 2.33. The van der Waals surface area contributed by atoms with E-state index in [9.17, 15) is 14.4 Å². The van der Waals surface area contributed by atoms with E-state index in [4.69, 9.17) is 5.11 Å². The van der Waals surface area contributed by atoms with Gasteiger partial charge in [-0.2, -0.15) is 0 Å². The molecule has 0 bridgehead atoms. The highest BCUT2D eigenvalue weighted by Crippen LogP contribution is 2.22. The van der Waals surface area contributed by atoms with Gasteiger partial charge in [0.1, 0.15) is 6.04 Å². The van der Waals surface area contributed by atoms with Crippen LogP contribution in [0.4, 0.5) is 0 Å². The summed E-state index contributed by atoms with van der Waals surface area (Å²) >= 11 is 1.61. The zero-order valence-corrected chi connectivity index (χ0v) is 14.0. The Kier molecular flexibility index (Phi) is 8.96. The number of hydrogen-bond acceptors (Lipinski definition) is 4. The minimum Gasteiger partial charge on any atom is -0.481 e. The third-order valence-corrected chi connectivity index (χ3v) is 4.60. The zero-order valence-electron chi connectivity index (χ0n) is 13.2. The highest BCUT2D eigenvalue weighted by molar-refractivity contribution is 7.99. The van der Waals surface area contributed by atoms with Crippen LogP contribution in [0.2, 0.25) is 0 Å². The average Bonchev–Trinajstić information content (AvgIpc) is 2.95. The normalized spacial score (nSPS) is 17.5. The number of carboxylic acid groups (broad SMARTS) is 1. The first kappa shape index (κ1) is 18.8. The van der Waals surface area contributed by atoms with Crippen molar-refractivity contribution >= 4 is 29.5 Å². The molecule has 7 heteroatoms. The van der Waals surface area contributed by atoms with Gasteiger partial charge < -0.3 is 15.3 Å². The number of amides is 2. The standard InChI is InChI=1S/C15H26N2O4S/c1-2-7-13(18)17-11-22-10-12(17)15(21)16-9-6-4-3-5-8-14(19)20/h12H,2-11H2,1H3,(H,16,21)(H,19,20). The van der Waals surface area contributed by atoms with E-state index < -0.39 is 5.97 Å². The van der Waals surface area contributed by atoms with E-state index in [0.29, 0.717) is 31.0 Å². The van der Waals surface area contributed by atoms with Crippen LogP contribution in [-0.2, 0) is 14.4 Å². The molecule has 0 saturated carbocycles. The maximum atomic E-state index is 12.1. The van der Waals surface area contributed by atoms with Crippen molar-refractivity contribution in [1.82, 2.24) is 10.2 Å². The molecule has 1 unspecified atom stereocenters. The molecule has 0 aromatic carbocycles. The van der Waals surface area contributed by atoms with E-state index in [-0.39, 0.29) is 24.3 Å². The van der Waals surface area contributed by atoms with Crippen LogP contribution in [0.25, 0.3) is 0 Å². The van der Waals surface area contributed by atoms with Crippen LogP contribution < -0.4 is 5.32 Å². The smallest absolute Gasteiger partial charge is 0.303 e. The third kappa shape index (κ3) is 6.68. The van der Waals surface area contributed by atoms with Crippen LogP contribution in [0.3, 0.4) is 0 Å². The summed E-state index contributed by atoms with van der Waals surface area (Å²) in [5, 5.41) is 11.4. The molecule has 1 atom stereocenters. The molecule has 6 nitrogen and oxygen atoms in total. The molecule has 0 aromatic heterocycles. The van der Waals surface area contributed by atoms with Crippen molar-refractivity contribution in [1.29, 1.82) is 0 Å². The fraction of sp³-hybridized carbons (Fsp3) is 0.800. The van der Waals surface area contributed by atoms with Gasteiger partial charge in [-0.15, -0.1) is 11.8 Å². The van der Waals surface area contributed by atoms with Gasteiger partial charge in [-0.1, -0.05) is 19.8 Å². The number of thioether (sulfide) groups is 1. The summed E-state index contributed by atoms with van der Waals surface area (Å²) < 4.78 is 0. The van der Waals surface area contributed by atoms with Crippen LogP contribution >= 0.6 is 11.8 Å². The Bertz CT molecular complexity index is 390. The minimum absolute atomic E-state index is 0.0568. The second-order valence-electron chi connectivity index (χ2n) is 5.48. The summed E-state index contributed by atoms with van der Waals surface area (Å²) in [5.74, 6) is 0.497. The molecule has 1 rings (SSSR count). The van der Waals surface area contributed by atoms with Crippen molar-refractivity contribution < 1.29 is 19.5 Å². The number of hydrogen-bond donors (Lipinski definition) is 2. The van der Waals surface area contributed by atoms with Crippen molar-refractivity contribution in [2.75, 3.05) is 18.2 Å². The molecule has 126 valence electrons. The number of rotatable bonds is 10. The number of nitrogens with one attached hydrogen (secondary N) is 1. The molecule has 0 aliphatic carbocycles. The fourth-order valence-electron chi connectivity index (χ4n) is 2.35. The van der Waals surface area contributed by atoms with Crippen LogP contribution in [0.15, 0.2) is 0 Å². The summed E-state index contributed by atoms with van der Waals surface area (Å²) in [7, 11) is 0. The monoisotopic (exact) mass is 330 g/mol. The van der Waals surface area contributed by atoms with Crippen molar-refractivity contribution in [2.24, 2.45) is 0 Å². The predicted octanol–water partition coefficient (Wildman–Crippen LogP) is 1.84. The van der Waals surface area contributed by atoms with Gasteiger partial charge in [0.15, 0.2) is 0 Å². The van der Waals surface area contributed by atoms with E-state index in [1.807, 2.05) is 6.92 Å². The zero-order chi connectivity index (χ0) is 16.4. The van der Waals surface area contributed by atoms with Gasteiger partial charge in [-0.3, -0.25) is 14.4 Å². The van der Waals surface area contributed by atoms with Crippen LogP contribution in [0.1, 0.15) is 51.9 Å². The number of carbonyl (C=O) groups is 3. The first-order chi connectivity index (χ1) is 10.6. The Labute approximate surface area is 136 Å². The number of carbonyl (C=O) groups excluding carboxylic acids is 2. The van der Waals surface area contributed by atoms with Gasteiger partial charge in [0.25, 0.3) is 0 Å². The minimum atomic E-state index is -0.760. The van der Waals surface area contributed by atoms with E-state index in [1.54, 1.807) is 16.7 Å².